The van der Waals surface area contributed by atoms with Gasteiger partial charge in [-0.1, -0.05) is 15.9 Å². The van der Waals surface area contributed by atoms with Gasteiger partial charge in [-0.15, -0.1) is 0 Å². The summed E-state index contributed by atoms with van der Waals surface area (Å²) in [7, 11) is 2.14. The highest BCUT2D eigenvalue weighted by Crippen LogP contribution is 2.35. The van der Waals surface area contributed by atoms with Crippen molar-refractivity contribution in [3.05, 3.63) is 50.8 Å². The number of anilines is 1. The summed E-state index contributed by atoms with van der Waals surface area (Å²) in [6.07, 6.45) is 1.83. The third-order valence-electron chi connectivity index (χ3n) is 6.07. The largest absolute Gasteiger partial charge is 0.358 e. The minimum absolute atomic E-state index is 0.0796. The van der Waals surface area contributed by atoms with Crippen LogP contribution in [0, 0.1) is 13.8 Å². The Bertz CT molecular complexity index is 1050. The summed E-state index contributed by atoms with van der Waals surface area (Å²) in [5.74, 6) is -0.220. The number of aryl methyl sites for hydroxylation is 1. The Morgan fingerprint density at radius 3 is 2.71 bits per heavy atom. The summed E-state index contributed by atoms with van der Waals surface area (Å²) in [5, 5.41) is 5.95. The van der Waals surface area contributed by atoms with E-state index in [-0.39, 0.29) is 11.8 Å². The summed E-state index contributed by atoms with van der Waals surface area (Å²) in [4.78, 5) is 33.4. The molecule has 0 atom stereocenters. The van der Waals surface area contributed by atoms with Gasteiger partial charge in [-0.25, -0.2) is 0 Å². The fourth-order valence-electron chi connectivity index (χ4n) is 4.19. The number of nitrogens with one attached hydrogen (secondary N) is 3. The van der Waals surface area contributed by atoms with Gasteiger partial charge in [-0.05, 0) is 50.7 Å². The van der Waals surface area contributed by atoms with E-state index in [0.29, 0.717) is 17.7 Å². The molecular formula is C23H28BrN5O2. The first kappa shape index (κ1) is 21.8. The number of carbonyl (C=O) groups excluding carboxylic acids is 2. The number of carbonyl (C=O) groups is 2. The maximum atomic E-state index is 12.9. The molecule has 0 spiro atoms. The maximum Gasteiger partial charge on any atom is 0.256 e. The molecule has 7 nitrogen and oxygen atoms in total. The van der Waals surface area contributed by atoms with Gasteiger partial charge in [0.25, 0.3) is 11.8 Å². The number of piperazine rings is 1. The van der Waals surface area contributed by atoms with Gasteiger partial charge in [-0.2, -0.15) is 0 Å². The minimum atomic E-state index is -0.141. The zero-order valence-corrected chi connectivity index (χ0v) is 19.7. The van der Waals surface area contributed by atoms with Crippen LogP contribution in [0.2, 0.25) is 0 Å². The van der Waals surface area contributed by atoms with E-state index in [0.717, 1.165) is 65.4 Å². The van der Waals surface area contributed by atoms with E-state index in [1.807, 2.05) is 38.1 Å². The van der Waals surface area contributed by atoms with Crippen LogP contribution in [-0.2, 0) is 4.79 Å². The number of likely N-dealkylation sites (N-methyl/N-ethyl adjacent to an activating group) is 1. The molecule has 1 saturated heterocycles. The molecule has 31 heavy (non-hydrogen) atoms. The maximum absolute atomic E-state index is 12.9. The van der Waals surface area contributed by atoms with Crippen molar-refractivity contribution in [1.29, 1.82) is 0 Å². The average Bonchev–Trinajstić information content (AvgIpc) is 3.19. The Labute approximate surface area is 191 Å². The van der Waals surface area contributed by atoms with Gasteiger partial charge >= 0.3 is 0 Å². The molecule has 1 fully saturated rings. The summed E-state index contributed by atoms with van der Waals surface area (Å²) < 4.78 is 0.911. The Kier molecular flexibility index (Phi) is 6.31. The molecule has 2 aromatic rings. The second-order valence-corrected chi connectivity index (χ2v) is 9.18. The first-order valence-corrected chi connectivity index (χ1v) is 11.3. The summed E-state index contributed by atoms with van der Waals surface area (Å²) in [5.41, 5.74) is 5.31. The van der Waals surface area contributed by atoms with Crippen LogP contribution in [0.4, 0.5) is 5.69 Å². The van der Waals surface area contributed by atoms with E-state index >= 15 is 0 Å². The number of amides is 2. The first-order chi connectivity index (χ1) is 14.8. The molecule has 3 heterocycles. The lowest BCUT2D eigenvalue weighted by molar-refractivity contribution is -0.110. The standard InChI is InChI=1S/C23H28BrN5O2/c1-14-20(13-18-17-12-16(24)4-5-19(17)27-22(18)30)26-15(2)21(14)23(31)25-6-7-29-10-8-28(3)9-11-29/h4-5,12-13,26H,6-11H2,1-3H3,(H,25,31)(H,27,30)/b18-13-. The third kappa shape index (κ3) is 4.61. The fourth-order valence-corrected chi connectivity index (χ4v) is 4.56. The Balaban J connectivity index is 1.48. The molecule has 2 aliphatic heterocycles. The molecule has 164 valence electrons. The van der Waals surface area contributed by atoms with E-state index in [1.165, 1.54) is 0 Å². The lowest BCUT2D eigenvalue weighted by atomic mass is 10.0. The van der Waals surface area contributed by atoms with E-state index in [9.17, 15) is 9.59 Å². The van der Waals surface area contributed by atoms with Crippen LogP contribution in [0.25, 0.3) is 11.6 Å². The van der Waals surface area contributed by atoms with Gasteiger partial charge in [0.2, 0.25) is 0 Å². The SMILES string of the molecule is Cc1[nH]c(/C=C2\C(=O)Nc3ccc(Br)cc32)c(C)c1C(=O)NCCN1CCN(C)CC1. The van der Waals surface area contributed by atoms with Crippen LogP contribution in [-0.4, -0.2) is 72.9 Å². The molecule has 0 bridgehead atoms. The van der Waals surface area contributed by atoms with Gasteiger partial charge in [-0.3, -0.25) is 14.5 Å². The van der Waals surface area contributed by atoms with Crippen LogP contribution >= 0.6 is 15.9 Å². The highest BCUT2D eigenvalue weighted by molar-refractivity contribution is 9.10. The van der Waals surface area contributed by atoms with Gasteiger partial charge < -0.3 is 20.5 Å². The smallest absolute Gasteiger partial charge is 0.256 e. The van der Waals surface area contributed by atoms with Gasteiger partial charge in [0.15, 0.2) is 0 Å². The van der Waals surface area contributed by atoms with Crippen molar-refractivity contribution in [1.82, 2.24) is 20.1 Å². The van der Waals surface area contributed by atoms with Crippen LogP contribution in [0.3, 0.4) is 0 Å². The number of benzene rings is 1. The van der Waals surface area contributed by atoms with Crippen molar-refractivity contribution in [2.75, 3.05) is 51.6 Å². The fraction of sp³-hybridized carbons (Fsp3) is 0.391. The van der Waals surface area contributed by atoms with Crippen molar-refractivity contribution in [3.8, 4) is 0 Å². The van der Waals surface area contributed by atoms with Crippen molar-refractivity contribution in [2.45, 2.75) is 13.8 Å². The number of aromatic nitrogens is 1. The van der Waals surface area contributed by atoms with Crippen LogP contribution < -0.4 is 10.6 Å². The average molecular weight is 486 g/mol. The van der Waals surface area contributed by atoms with E-state index in [4.69, 9.17) is 0 Å². The molecular weight excluding hydrogens is 458 g/mol. The summed E-state index contributed by atoms with van der Waals surface area (Å²) in [6, 6.07) is 5.71. The van der Waals surface area contributed by atoms with Crippen molar-refractivity contribution in [2.24, 2.45) is 0 Å². The zero-order valence-electron chi connectivity index (χ0n) is 18.1. The third-order valence-corrected chi connectivity index (χ3v) is 6.56. The Morgan fingerprint density at radius 2 is 1.97 bits per heavy atom. The molecule has 2 aliphatic rings. The molecule has 2 amide bonds. The molecule has 0 radical (unpaired) electrons. The van der Waals surface area contributed by atoms with Gasteiger partial charge in [0.1, 0.15) is 0 Å². The number of hydrogen-bond acceptors (Lipinski definition) is 4. The topological polar surface area (TPSA) is 80.5 Å². The minimum Gasteiger partial charge on any atom is -0.358 e. The molecule has 0 saturated carbocycles. The molecule has 4 rings (SSSR count). The first-order valence-electron chi connectivity index (χ1n) is 10.5. The Hall–Kier alpha value is -2.42. The highest BCUT2D eigenvalue weighted by Gasteiger charge is 2.26. The second kappa shape index (κ2) is 8.98. The van der Waals surface area contributed by atoms with Crippen molar-refractivity contribution in [3.63, 3.8) is 0 Å². The lowest BCUT2D eigenvalue weighted by Crippen LogP contribution is -2.46. The number of halogens is 1. The van der Waals surface area contributed by atoms with E-state index in [1.54, 1.807) is 0 Å². The molecule has 8 heteroatoms. The number of hydrogen-bond donors (Lipinski definition) is 3. The summed E-state index contributed by atoms with van der Waals surface area (Å²) >= 11 is 3.47. The monoisotopic (exact) mass is 485 g/mol. The summed E-state index contributed by atoms with van der Waals surface area (Å²) in [6.45, 7) is 9.48. The normalized spacial score (nSPS) is 18.3. The van der Waals surface area contributed by atoms with Crippen molar-refractivity contribution < 1.29 is 9.59 Å². The highest BCUT2D eigenvalue weighted by atomic mass is 79.9. The second-order valence-electron chi connectivity index (χ2n) is 8.27. The predicted octanol–water partition coefficient (Wildman–Crippen LogP) is 2.86. The Morgan fingerprint density at radius 1 is 1.23 bits per heavy atom. The van der Waals surface area contributed by atoms with E-state index < -0.39 is 0 Å². The predicted molar refractivity (Wildman–Crippen MR) is 127 cm³/mol. The van der Waals surface area contributed by atoms with Crippen LogP contribution in [0.1, 0.15) is 32.9 Å². The molecule has 0 aliphatic carbocycles. The number of fused-ring (bicyclic) bond motifs is 1. The number of H-pyrrole nitrogens is 1. The van der Waals surface area contributed by atoms with Crippen LogP contribution in [0.15, 0.2) is 22.7 Å². The van der Waals surface area contributed by atoms with E-state index in [2.05, 4.69) is 48.4 Å². The zero-order chi connectivity index (χ0) is 22.1. The number of aromatic amines is 1. The molecule has 0 unspecified atom stereocenters. The number of nitrogens with zero attached hydrogens (tertiary/aromatic N) is 2. The molecule has 3 N–H and O–H groups in total. The quantitative estimate of drug-likeness (QED) is 0.568. The van der Waals surface area contributed by atoms with Gasteiger partial charge in [0.05, 0.1) is 11.1 Å². The van der Waals surface area contributed by atoms with Gasteiger partial charge in [0, 0.05) is 66.4 Å². The lowest BCUT2D eigenvalue weighted by Gasteiger charge is -2.32. The molecule has 1 aromatic heterocycles. The molecule has 1 aromatic carbocycles. The number of rotatable bonds is 5. The van der Waals surface area contributed by atoms with Crippen LogP contribution in [0.5, 0.6) is 0 Å². The van der Waals surface area contributed by atoms with Crippen molar-refractivity contribution >= 4 is 45.1 Å².